The number of amidine groups is 1. The van der Waals surface area contributed by atoms with Crippen LogP contribution in [-0.4, -0.2) is 42.7 Å². The summed E-state index contributed by atoms with van der Waals surface area (Å²) in [7, 11) is 5.97. The summed E-state index contributed by atoms with van der Waals surface area (Å²) in [5, 5.41) is 15.3. The number of nitrogens with zero attached hydrogens (tertiary/aromatic N) is 3. The van der Waals surface area contributed by atoms with E-state index in [-0.39, 0.29) is 5.88 Å². The first kappa shape index (κ1) is 16.3. The van der Waals surface area contributed by atoms with Crippen LogP contribution >= 0.6 is 0 Å². The van der Waals surface area contributed by atoms with Gasteiger partial charge in [0.1, 0.15) is 5.84 Å². The average molecular weight is 340 g/mol. The predicted octanol–water partition coefficient (Wildman–Crippen LogP) is 3.25. The summed E-state index contributed by atoms with van der Waals surface area (Å²) < 4.78 is 1.85. The molecular weight excluding hydrogens is 312 g/mol. The Kier molecular flexibility index (Phi) is 3.89. The summed E-state index contributed by atoms with van der Waals surface area (Å²) in [6, 6.07) is 6.29. The van der Waals surface area contributed by atoms with Crippen LogP contribution in [0, 0.1) is 5.41 Å². The number of benzene rings is 1. The highest BCUT2D eigenvalue weighted by Crippen LogP contribution is 2.39. The van der Waals surface area contributed by atoms with Gasteiger partial charge in [-0.2, -0.15) is 0 Å². The molecule has 2 heterocycles. The molecule has 0 atom stereocenters. The lowest BCUT2D eigenvalue weighted by Gasteiger charge is -2.39. The highest BCUT2D eigenvalue weighted by atomic mass is 16.3. The van der Waals surface area contributed by atoms with Gasteiger partial charge in [0.2, 0.25) is 5.88 Å². The Morgan fingerprint density at radius 3 is 2.60 bits per heavy atom. The Labute approximate surface area is 149 Å². The van der Waals surface area contributed by atoms with Crippen molar-refractivity contribution in [2.45, 2.75) is 32.1 Å². The lowest BCUT2D eigenvalue weighted by atomic mass is 9.73. The smallest absolute Gasteiger partial charge is 0.203 e. The molecule has 2 aliphatic rings. The molecule has 1 saturated carbocycles. The fourth-order valence-electron chi connectivity index (χ4n) is 4.36. The van der Waals surface area contributed by atoms with Gasteiger partial charge in [0.05, 0.1) is 11.1 Å². The minimum absolute atomic E-state index is 0.289. The zero-order valence-electron chi connectivity index (χ0n) is 15.5. The third-order valence-electron chi connectivity index (χ3n) is 6.02. The summed E-state index contributed by atoms with van der Waals surface area (Å²) in [4.78, 5) is 6.98. The molecule has 1 aliphatic carbocycles. The fraction of sp³-hybridized carbons (Fsp3) is 0.550. The second kappa shape index (κ2) is 5.97. The molecule has 0 radical (unpaired) electrons. The van der Waals surface area contributed by atoms with E-state index in [0.29, 0.717) is 5.41 Å². The molecule has 1 fully saturated rings. The Hall–Kier alpha value is -2.17. The van der Waals surface area contributed by atoms with Crippen LogP contribution < -0.4 is 10.2 Å². The molecule has 1 aromatic heterocycles. The summed E-state index contributed by atoms with van der Waals surface area (Å²) in [6.07, 6.45) is 6.53. The first-order chi connectivity index (χ1) is 12.0. The second-order valence-electron chi connectivity index (χ2n) is 7.93. The first-order valence-electron chi connectivity index (χ1n) is 9.28. The van der Waals surface area contributed by atoms with Crippen LogP contribution in [0.1, 0.15) is 37.7 Å². The third-order valence-corrected chi connectivity index (χ3v) is 6.02. The zero-order chi connectivity index (χ0) is 17.6. The zero-order valence-corrected chi connectivity index (χ0v) is 15.5. The number of aryl methyl sites for hydroxylation is 1. The first-order valence-corrected chi connectivity index (χ1v) is 9.28. The molecule has 134 valence electrons. The third kappa shape index (κ3) is 2.66. The molecule has 5 heteroatoms. The van der Waals surface area contributed by atoms with Gasteiger partial charge >= 0.3 is 0 Å². The van der Waals surface area contributed by atoms with Crippen LogP contribution in [0.5, 0.6) is 5.88 Å². The van der Waals surface area contributed by atoms with Crippen LogP contribution in [0.2, 0.25) is 0 Å². The van der Waals surface area contributed by atoms with Crippen molar-refractivity contribution in [1.29, 1.82) is 0 Å². The van der Waals surface area contributed by atoms with E-state index in [1.807, 2.05) is 25.7 Å². The fourth-order valence-corrected chi connectivity index (χ4v) is 4.36. The normalized spacial score (nSPS) is 19.7. The van der Waals surface area contributed by atoms with Gasteiger partial charge in [-0.1, -0.05) is 19.3 Å². The standard InChI is InChI=1S/C20H28N4O/c1-23(2)14-7-8-16-15(11-14)17(19(25)24(16)3)18-21-12-20(13-22-18)9-5-4-6-10-20/h7-8,11,25H,4-6,9-10,12-13H2,1-3H3,(H,21,22). The molecule has 5 nitrogen and oxygen atoms in total. The average Bonchev–Trinajstić information content (AvgIpc) is 2.87. The van der Waals surface area contributed by atoms with Crippen molar-refractivity contribution in [2.24, 2.45) is 17.5 Å². The molecule has 2 N–H and O–H groups in total. The summed E-state index contributed by atoms with van der Waals surface area (Å²) in [5.41, 5.74) is 3.32. The highest BCUT2D eigenvalue weighted by molar-refractivity contribution is 6.13. The molecule has 1 aromatic carbocycles. The molecular formula is C20H28N4O. The van der Waals surface area contributed by atoms with E-state index in [4.69, 9.17) is 4.99 Å². The van der Waals surface area contributed by atoms with Crippen LogP contribution in [0.3, 0.4) is 0 Å². The highest BCUT2D eigenvalue weighted by Gasteiger charge is 2.35. The van der Waals surface area contributed by atoms with E-state index in [9.17, 15) is 5.11 Å². The van der Waals surface area contributed by atoms with E-state index >= 15 is 0 Å². The van der Waals surface area contributed by atoms with Crippen molar-refractivity contribution in [3.8, 4) is 5.88 Å². The van der Waals surface area contributed by atoms with Crippen molar-refractivity contribution in [2.75, 3.05) is 32.1 Å². The lowest BCUT2D eigenvalue weighted by molar-refractivity contribution is 0.194. The largest absolute Gasteiger partial charge is 0.494 e. The molecule has 1 aliphatic heterocycles. The molecule has 1 spiro atoms. The van der Waals surface area contributed by atoms with Crippen LogP contribution in [0.4, 0.5) is 5.69 Å². The maximum atomic E-state index is 10.7. The van der Waals surface area contributed by atoms with E-state index in [1.54, 1.807) is 0 Å². The molecule has 25 heavy (non-hydrogen) atoms. The lowest BCUT2D eigenvalue weighted by Crippen LogP contribution is -2.45. The second-order valence-corrected chi connectivity index (χ2v) is 7.93. The molecule has 0 saturated heterocycles. The summed E-state index contributed by atoms with van der Waals surface area (Å²) in [5.74, 6) is 1.13. The monoisotopic (exact) mass is 340 g/mol. The van der Waals surface area contributed by atoms with Gasteiger partial charge in [0.25, 0.3) is 0 Å². The Morgan fingerprint density at radius 2 is 1.96 bits per heavy atom. The number of aliphatic imine (C=N–C) groups is 1. The SMILES string of the molecule is CN(C)c1ccc2c(c1)c(C1=NCC3(CCCCC3)CN1)c(O)n2C. The number of fused-ring (bicyclic) bond motifs is 1. The Bertz CT molecular complexity index is 828. The van der Waals surface area contributed by atoms with E-state index in [2.05, 4.69) is 28.4 Å². The van der Waals surface area contributed by atoms with Gasteiger partial charge in [-0.25, -0.2) is 0 Å². The number of anilines is 1. The van der Waals surface area contributed by atoms with Crippen LogP contribution in [0.25, 0.3) is 10.9 Å². The summed E-state index contributed by atoms with van der Waals surface area (Å²) >= 11 is 0. The van der Waals surface area contributed by atoms with Crippen molar-refractivity contribution < 1.29 is 5.11 Å². The van der Waals surface area contributed by atoms with Gasteiger partial charge in [-0.3, -0.25) is 4.99 Å². The van der Waals surface area contributed by atoms with Crippen molar-refractivity contribution in [3.63, 3.8) is 0 Å². The quantitative estimate of drug-likeness (QED) is 0.882. The minimum atomic E-state index is 0.289. The minimum Gasteiger partial charge on any atom is -0.494 e. The van der Waals surface area contributed by atoms with Crippen molar-refractivity contribution in [1.82, 2.24) is 9.88 Å². The number of aromatic nitrogens is 1. The Morgan fingerprint density at radius 1 is 1.20 bits per heavy atom. The van der Waals surface area contributed by atoms with Gasteiger partial charge in [0, 0.05) is 50.7 Å². The number of hydrogen-bond acceptors (Lipinski definition) is 4. The number of hydrogen-bond donors (Lipinski definition) is 2. The van der Waals surface area contributed by atoms with Gasteiger partial charge in [-0.15, -0.1) is 0 Å². The van der Waals surface area contributed by atoms with Gasteiger partial charge < -0.3 is 19.9 Å². The van der Waals surface area contributed by atoms with Crippen LogP contribution in [0.15, 0.2) is 23.2 Å². The number of nitrogens with one attached hydrogen (secondary N) is 1. The van der Waals surface area contributed by atoms with E-state index in [0.717, 1.165) is 41.1 Å². The van der Waals surface area contributed by atoms with Gasteiger partial charge in [0.15, 0.2) is 0 Å². The number of aromatic hydroxyl groups is 1. The van der Waals surface area contributed by atoms with Crippen molar-refractivity contribution >= 4 is 22.4 Å². The van der Waals surface area contributed by atoms with E-state index < -0.39 is 0 Å². The van der Waals surface area contributed by atoms with Crippen molar-refractivity contribution in [3.05, 3.63) is 23.8 Å². The predicted molar refractivity (Wildman–Crippen MR) is 104 cm³/mol. The summed E-state index contributed by atoms with van der Waals surface area (Å²) in [6.45, 7) is 1.84. The molecule has 0 bridgehead atoms. The molecule has 2 aromatic rings. The molecule has 0 unspecified atom stereocenters. The van der Waals surface area contributed by atoms with Crippen LogP contribution in [-0.2, 0) is 7.05 Å². The number of rotatable bonds is 2. The van der Waals surface area contributed by atoms with E-state index in [1.165, 1.54) is 32.1 Å². The maximum absolute atomic E-state index is 10.7. The Balaban J connectivity index is 1.76. The maximum Gasteiger partial charge on any atom is 0.203 e. The molecule has 0 amide bonds. The topological polar surface area (TPSA) is 52.8 Å². The van der Waals surface area contributed by atoms with Gasteiger partial charge in [-0.05, 0) is 31.0 Å². The molecule has 4 rings (SSSR count).